The summed E-state index contributed by atoms with van der Waals surface area (Å²) in [5.74, 6) is 0.783. The number of unbranched alkanes of at least 4 members (excludes halogenated alkanes) is 2. The third kappa shape index (κ3) is 3.19. The van der Waals surface area contributed by atoms with E-state index in [0.717, 1.165) is 51.5 Å². The molecule has 0 unspecified atom stereocenters. The molecule has 2 aliphatic rings. The van der Waals surface area contributed by atoms with Crippen molar-refractivity contribution < 1.29 is 9.90 Å². The fraction of sp³-hybridized carbons (Fsp3) is 0.696. The van der Waals surface area contributed by atoms with Crippen molar-refractivity contribution in [3.8, 4) is 5.75 Å². The highest BCUT2D eigenvalue weighted by molar-refractivity contribution is 5.78. The predicted octanol–water partition coefficient (Wildman–Crippen LogP) is 4.85. The van der Waals surface area contributed by atoms with Crippen molar-refractivity contribution in [1.82, 2.24) is 4.90 Å². The second-order valence-corrected chi connectivity index (χ2v) is 9.04. The number of phenolic OH excluding ortho intramolecular Hbond substituents is 1. The fourth-order valence-corrected chi connectivity index (χ4v) is 5.52. The van der Waals surface area contributed by atoms with E-state index in [2.05, 4.69) is 38.8 Å². The van der Waals surface area contributed by atoms with Crippen LogP contribution in [-0.2, 0) is 16.6 Å². The highest BCUT2D eigenvalue weighted by Crippen LogP contribution is 2.58. The summed E-state index contributed by atoms with van der Waals surface area (Å²) in [6.07, 6.45) is 7.81. The third-order valence-electron chi connectivity index (χ3n) is 7.58. The van der Waals surface area contributed by atoms with Gasteiger partial charge in [0, 0.05) is 24.3 Å². The van der Waals surface area contributed by atoms with Gasteiger partial charge in [0.25, 0.3) is 0 Å². The quantitative estimate of drug-likeness (QED) is 0.710. The number of phenols is 1. The average molecular weight is 358 g/mol. The lowest BCUT2D eigenvalue weighted by molar-refractivity contribution is -0.121. The molecule has 2 bridgehead atoms. The van der Waals surface area contributed by atoms with Crippen molar-refractivity contribution in [3.05, 3.63) is 29.3 Å². The van der Waals surface area contributed by atoms with E-state index < -0.39 is 0 Å². The van der Waals surface area contributed by atoms with E-state index in [4.69, 9.17) is 0 Å². The Morgan fingerprint density at radius 2 is 2.04 bits per heavy atom. The maximum atomic E-state index is 12.5. The van der Waals surface area contributed by atoms with Gasteiger partial charge in [0.1, 0.15) is 11.5 Å². The van der Waals surface area contributed by atoms with Crippen molar-refractivity contribution in [1.29, 1.82) is 0 Å². The Labute approximate surface area is 158 Å². The number of benzene rings is 1. The van der Waals surface area contributed by atoms with Gasteiger partial charge in [-0.2, -0.15) is 0 Å². The summed E-state index contributed by atoms with van der Waals surface area (Å²) in [5, 5.41) is 10.1. The molecule has 3 atom stereocenters. The first kappa shape index (κ1) is 19.4. The predicted molar refractivity (Wildman–Crippen MR) is 107 cm³/mol. The minimum Gasteiger partial charge on any atom is -0.508 e. The van der Waals surface area contributed by atoms with Gasteiger partial charge in [-0.15, -0.1) is 0 Å². The Balaban J connectivity index is 1.86. The molecule has 0 aromatic heterocycles. The van der Waals surface area contributed by atoms with Gasteiger partial charge in [-0.25, -0.2) is 0 Å². The lowest BCUT2D eigenvalue weighted by atomic mass is 9.49. The third-order valence-corrected chi connectivity index (χ3v) is 7.58. The number of piperidine rings is 1. The van der Waals surface area contributed by atoms with Gasteiger partial charge in [-0.3, -0.25) is 4.79 Å². The largest absolute Gasteiger partial charge is 0.508 e. The van der Waals surface area contributed by atoms with Crippen LogP contribution in [0.15, 0.2) is 18.2 Å². The number of hydrogen-bond acceptors (Lipinski definition) is 3. The minimum absolute atomic E-state index is 0.0141. The molecular weight excluding hydrogens is 322 g/mol. The minimum atomic E-state index is 0.0141. The van der Waals surface area contributed by atoms with E-state index in [1.54, 1.807) is 0 Å². The first-order valence-electron chi connectivity index (χ1n) is 10.4. The molecule has 144 valence electrons. The van der Waals surface area contributed by atoms with Gasteiger partial charge < -0.3 is 10.0 Å². The van der Waals surface area contributed by atoms with Crippen LogP contribution < -0.4 is 0 Å². The summed E-state index contributed by atoms with van der Waals surface area (Å²) >= 11 is 0. The van der Waals surface area contributed by atoms with Gasteiger partial charge in [0.15, 0.2) is 0 Å². The highest BCUT2D eigenvalue weighted by Gasteiger charge is 2.57. The second-order valence-electron chi connectivity index (χ2n) is 9.04. The van der Waals surface area contributed by atoms with Crippen LogP contribution in [0.25, 0.3) is 0 Å². The summed E-state index contributed by atoms with van der Waals surface area (Å²) in [7, 11) is 2.23. The maximum Gasteiger partial charge on any atom is 0.132 e. The number of Topliss-reactive ketones (excluding diaryl/α,β-unsaturated/α-hetero) is 1. The molecule has 3 heteroatoms. The number of fused-ring (bicyclic) bond motifs is 4. The summed E-state index contributed by atoms with van der Waals surface area (Å²) in [6, 6.07) is 6.36. The number of hydrogen-bond donors (Lipinski definition) is 1. The molecule has 1 saturated heterocycles. The van der Waals surface area contributed by atoms with Gasteiger partial charge >= 0.3 is 0 Å². The second kappa shape index (κ2) is 7.34. The van der Waals surface area contributed by atoms with Crippen molar-refractivity contribution >= 4 is 5.78 Å². The zero-order valence-electron chi connectivity index (χ0n) is 17.0. The monoisotopic (exact) mass is 357 g/mol. The maximum absolute atomic E-state index is 12.5. The van der Waals surface area contributed by atoms with E-state index in [1.807, 2.05) is 12.1 Å². The molecule has 1 N–H and O–H groups in total. The van der Waals surface area contributed by atoms with Gasteiger partial charge in [0.05, 0.1) is 0 Å². The molecule has 0 saturated carbocycles. The van der Waals surface area contributed by atoms with E-state index in [-0.39, 0.29) is 10.8 Å². The highest BCUT2D eigenvalue weighted by atomic mass is 16.3. The summed E-state index contributed by atoms with van der Waals surface area (Å²) < 4.78 is 0. The molecular formula is C23H35NO2. The zero-order chi connectivity index (χ0) is 18.9. The number of rotatable bonds is 7. The Morgan fingerprint density at radius 3 is 2.77 bits per heavy atom. The van der Waals surface area contributed by atoms with Crippen LogP contribution in [0.1, 0.15) is 76.8 Å². The summed E-state index contributed by atoms with van der Waals surface area (Å²) in [5.41, 5.74) is 2.75. The fourth-order valence-electron chi connectivity index (χ4n) is 5.52. The molecule has 1 aliphatic carbocycles. The molecule has 3 rings (SSSR count). The van der Waals surface area contributed by atoms with E-state index in [9.17, 15) is 9.90 Å². The molecule has 0 spiro atoms. The molecule has 0 radical (unpaired) electrons. The Morgan fingerprint density at radius 1 is 1.27 bits per heavy atom. The number of nitrogens with zero attached hydrogens (tertiary/aromatic N) is 1. The number of likely N-dealkylation sites (tertiary alicyclic amines) is 1. The molecule has 1 fully saturated rings. The summed E-state index contributed by atoms with van der Waals surface area (Å²) in [6.45, 7) is 8.01. The molecule has 1 aromatic carbocycles. The van der Waals surface area contributed by atoms with Crippen LogP contribution in [0.3, 0.4) is 0 Å². The number of ketones is 1. The normalized spacial score (nSPS) is 30.8. The van der Waals surface area contributed by atoms with Crippen LogP contribution in [0.4, 0.5) is 0 Å². The van der Waals surface area contributed by atoms with Crippen molar-refractivity contribution in [2.75, 3.05) is 13.6 Å². The SMILES string of the molecule is CCCCCC(=O)CC[C@]1(C)[C@@H]2Cc3ccc(O)cc3[C@@]1(C)CCN2C. The standard InChI is InChI=1S/C23H35NO2/c1-5-6-7-8-18(25)11-12-23(3)21-15-17-9-10-19(26)16-20(17)22(23,2)13-14-24(21)4/h9-10,16,21,26H,5-8,11-15H2,1-4H3/t21-,22+,23+/m0/s1. The van der Waals surface area contributed by atoms with Crippen LogP contribution >= 0.6 is 0 Å². The average Bonchev–Trinajstić information content (AvgIpc) is 2.61. The van der Waals surface area contributed by atoms with Crippen LogP contribution in [0, 0.1) is 5.41 Å². The van der Waals surface area contributed by atoms with Crippen molar-refractivity contribution in [3.63, 3.8) is 0 Å². The number of carbonyl (C=O) groups excluding carboxylic acids is 1. The summed E-state index contributed by atoms with van der Waals surface area (Å²) in [4.78, 5) is 15.0. The number of aromatic hydroxyl groups is 1. The molecule has 26 heavy (non-hydrogen) atoms. The first-order valence-corrected chi connectivity index (χ1v) is 10.4. The smallest absolute Gasteiger partial charge is 0.132 e. The van der Waals surface area contributed by atoms with Gasteiger partial charge in [-0.1, -0.05) is 39.7 Å². The molecule has 0 amide bonds. The van der Waals surface area contributed by atoms with E-state index in [0.29, 0.717) is 24.0 Å². The molecule has 1 aliphatic heterocycles. The van der Waals surface area contributed by atoms with Crippen LogP contribution in [0.5, 0.6) is 5.75 Å². The van der Waals surface area contributed by atoms with Gasteiger partial charge in [0.2, 0.25) is 0 Å². The zero-order valence-corrected chi connectivity index (χ0v) is 17.0. The molecule has 1 aromatic rings. The lowest BCUT2D eigenvalue weighted by Crippen LogP contribution is -2.64. The molecule has 3 nitrogen and oxygen atoms in total. The Kier molecular flexibility index (Phi) is 5.48. The van der Waals surface area contributed by atoms with Crippen LogP contribution in [0.2, 0.25) is 0 Å². The van der Waals surface area contributed by atoms with E-state index >= 15 is 0 Å². The van der Waals surface area contributed by atoms with Crippen LogP contribution in [-0.4, -0.2) is 35.4 Å². The van der Waals surface area contributed by atoms with Crippen molar-refractivity contribution in [2.45, 2.75) is 83.6 Å². The lowest BCUT2D eigenvalue weighted by Gasteiger charge is -2.62. The Hall–Kier alpha value is -1.35. The first-order chi connectivity index (χ1) is 12.3. The molecule has 1 heterocycles. The Bertz CT molecular complexity index is 670. The van der Waals surface area contributed by atoms with Gasteiger partial charge in [-0.05, 0) is 68.0 Å². The van der Waals surface area contributed by atoms with Crippen molar-refractivity contribution in [2.24, 2.45) is 5.41 Å². The number of likely N-dealkylation sites (N-methyl/N-ethyl adjacent to an activating group) is 1. The van der Waals surface area contributed by atoms with E-state index in [1.165, 1.54) is 11.1 Å². The topological polar surface area (TPSA) is 40.5 Å². The number of carbonyl (C=O) groups is 1.